The summed E-state index contributed by atoms with van der Waals surface area (Å²) >= 11 is 5.37. The average molecular weight is 437 g/mol. The van der Waals surface area contributed by atoms with Gasteiger partial charge in [-0.25, -0.2) is 0 Å². The van der Waals surface area contributed by atoms with Crippen LogP contribution in [-0.2, 0) is 0 Å². The molecule has 8 heteroatoms. The van der Waals surface area contributed by atoms with Gasteiger partial charge >= 0.3 is 5.88 Å². The highest BCUT2D eigenvalue weighted by Gasteiger charge is 2.18. The molecule has 0 saturated heterocycles. The maximum atomic E-state index is 11.9. The Morgan fingerprint density at radius 3 is 2.74 bits per heavy atom. The summed E-state index contributed by atoms with van der Waals surface area (Å²) in [7, 11) is 0. The van der Waals surface area contributed by atoms with E-state index in [0.29, 0.717) is 5.69 Å². The molecule has 2 aromatic rings. The van der Waals surface area contributed by atoms with Crippen molar-refractivity contribution in [2.45, 2.75) is 0 Å². The molecule has 0 saturated carbocycles. The summed E-state index contributed by atoms with van der Waals surface area (Å²) in [4.78, 5) is 21.6. The second kappa shape index (κ2) is 5.70. The third-order valence-corrected chi connectivity index (χ3v) is 3.61. The molecule has 6 nitrogen and oxygen atoms in total. The van der Waals surface area contributed by atoms with Crippen LogP contribution in [0.25, 0.3) is 0 Å². The molecule has 0 atom stereocenters. The summed E-state index contributed by atoms with van der Waals surface area (Å²) in [5.74, 6) is -1.11. The Kier molecular flexibility index (Phi) is 4.20. The van der Waals surface area contributed by atoms with Crippen molar-refractivity contribution >= 4 is 56.0 Å². The van der Waals surface area contributed by atoms with E-state index in [4.69, 9.17) is 4.42 Å². The van der Waals surface area contributed by atoms with Crippen LogP contribution < -0.4 is 5.32 Å². The summed E-state index contributed by atoms with van der Waals surface area (Å²) in [6.45, 7) is 0. The van der Waals surface area contributed by atoms with Crippen molar-refractivity contribution in [2.75, 3.05) is 5.32 Å². The average Bonchev–Trinajstić information content (AvgIpc) is 2.83. The maximum absolute atomic E-state index is 11.9. The number of amides is 1. The van der Waals surface area contributed by atoms with E-state index in [1.54, 1.807) is 6.07 Å². The van der Waals surface area contributed by atoms with Crippen LogP contribution in [0.4, 0.5) is 11.6 Å². The van der Waals surface area contributed by atoms with Crippen molar-refractivity contribution in [3.63, 3.8) is 0 Å². The van der Waals surface area contributed by atoms with Crippen molar-refractivity contribution in [2.24, 2.45) is 0 Å². The highest BCUT2D eigenvalue weighted by Crippen LogP contribution is 2.24. The van der Waals surface area contributed by atoms with Crippen LogP contribution in [0.2, 0.25) is 0 Å². The molecule has 1 amide bonds. The molecular formula is C11H6BrIN2O4. The maximum Gasteiger partial charge on any atom is 0.433 e. The number of furan rings is 1. The largest absolute Gasteiger partial charge is 0.433 e. The van der Waals surface area contributed by atoms with E-state index >= 15 is 0 Å². The zero-order valence-corrected chi connectivity index (χ0v) is 13.0. The number of anilines is 1. The lowest BCUT2D eigenvalue weighted by Crippen LogP contribution is -2.11. The number of hydrogen-bond donors (Lipinski definition) is 1. The third-order valence-electron chi connectivity index (χ3n) is 2.17. The molecule has 0 aliphatic heterocycles. The highest BCUT2D eigenvalue weighted by atomic mass is 127. The lowest BCUT2D eigenvalue weighted by atomic mass is 10.3. The van der Waals surface area contributed by atoms with Gasteiger partial charge in [0.05, 0.1) is 11.8 Å². The Balaban J connectivity index is 2.20. The molecule has 1 N–H and O–H groups in total. The Labute approximate surface area is 129 Å². The molecule has 2 rings (SSSR count). The standard InChI is InChI=1S/C11H6BrIN2O4/c12-6-1-2-7(13)8(5-6)14-11(16)9-3-4-10(19-9)15(17)18/h1-5H,(H,14,16). The molecule has 1 aromatic heterocycles. The van der Waals surface area contributed by atoms with Crippen LogP contribution >= 0.6 is 38.5 Å². The molecule has 1 aromatic carbocycles. The smallest absolute Gasteiger partial charge is 0.395 e. The minimum atomic E-state index is -0.695. The number of hydrogen-bond acceptors (Lipinski definition) is 4. The minimum Gasteiger partial charge on any atom is -0.395 e. The number of carbonyl (C=O) groups excluding carboxylic acids is 1. The third kappa shape index (κ3) is 3.32. The number of rotatable bonds is 3. The fraction of sp³-hybridized carbons (Fsp3) is 0. The number of benzene rings is 1. The van der Waals surface area contributed by atoms with Gasteiger partial charge in [0, 0.05) is 8.04 Å². The first-order valence-corrected chi connectivity index (χ1v) is 6.85. The topological polar surface area (TPSA) is 85.4 Å². The number of halogens is 2. The Bertz CT molecular complexity index is 656. The molecule has 0 radical (unpaired) electrons. The zero-order chi connectivity index (χ0) is 14.0. The van der Waals surface area contributed by atoms with E-state index in [2.05, 4.69) is 43.8 Å². The van der Waals surface area contributed by atoms with Gasteiger partial charge in [0.25, 0.3) is 5.91 Å². The molecule has 0 unspecified atom stereocenters. The predicted octanol–water partition coefficient (Wildman–Crippen LogP) is 3.81. The first kappa shape index (κ1) is 14.0. The van der Waals surface area contributed by atoms with E-state index in [9.17, 15) is 14.9 Å². The molecule has 0 bridgehead atoms. The number of nitrogens with zero attached hydrogens (tertiary/aromatic N) is 1. The van der Waals surface area contributed by atoms with Gasteiger partial charge in [-0.05, 0) is 46.9 Å². The molecule has 98 valence electrons. The monoisotopic (exact) mass is 436 g/mol. The van der Waals surface area contributed by atoms with Gasteiger partial charge in [-0.3, -0.25) is 14.9 Å². The minimum absolute atomic E-state index is 0.109. The summed E-state index contributed by atoms with van der Waals surface area (Å²) in [5, 5.41) is 13.1. The van der Waals surface area contributed by atoms with E-state index in [1.807, 2.05) is 12.1 Å². The van der Waals surface area contributed by atoms with E-state index in [0.717, 1.165) is 14.1 Å². The summed E-state index contributed by atoms with van der Waals surface area (Å²) in [6.07, 6.45) is 0. The number of carbonyl (C=O) groups is 1. The molecule has 0 aliphatic carbocycles. The van der Waals surface area contributed by atoms with Gasteiger partial charge < -0.3 is 9.73 Å². The van der Waals surface area contributed by atoms with Gasteiger partial charge in [-0.1, -0.05) is 15.9 Å². The van der Waals surface area contributed by atoms with Crippen LogP contribution in [0.1, 0.15) is 10.6 Å². The summed E-state index contributed by atoms with van der Waals surface area (Å²) in [6, 6.07) is 7.80. The Morgan fingerprint density at radius 2 is 2.11 bits per heavy atom. The normalized spacial score (nSPS) is 10.2. The second-order valence-corrected chi connectivity index (χ2v) is 5.55. The van der Waals surface area contributed by atoms with E-state index in [-0.39, 0.29) is 5.76 Å². The SMILES string of the molecule is O=C(Nc1cc(Br)ccc1I)c1ccc([N+](=O)[O-])o1. The summed E-state index contributed by atoms with van der Waals surface area (Å²) in [5.41, 5.74) is 0.596. The van der Waals surface area contributed by atoms with Gasteiger partial charge in [0.1, 0.15) is 4.92 Å². The van der Waals surface area contributed by atoms with E-state index in [1.165, 1.54) is 6.07 Å². The van der Waals surface area contributed by atoms with Crippen molar-refractivity contribution < 1.29 is 14.1 Å². The van der Waals surface area contributed by atoms with Crippen molar-refractivity contribution in [3.8, 4) is 0 Å². The molecular weight excluding hydrogens is 431 g/mol. The van der Waals surface area contributed by atoms with Crippen molar-refractivity contribution in [1.82, 2.24) is 0 Å². The van der Waals surface area contributed by atoms with Crippen LogP contribution in [0, 0.1) is 13.7 Å². The van der Waals surface area contributed by atoms with Crippen LogP contribution in [-0.4, -0.2) is 10.8 Å². The van der Waals surface area contributed by atoms with Gasteiger partial charge in [-0.2, -0.15) is 0 Å². The predicted molar refractivity (Wildman–Crippen MR) is 80.2 cm³/mol. The molecule has 1 heterocycles. The van der Waals surface area contributed by atoms with Crippen LogP contribution in [0.3, 0.4) is 0 Å². The van der Waals surface area contributed by atoms with Gasteiger partial charge in [0.15, 0.2) is 5.76 Å². The van der Waals surface area contributed by atoms with Crippen LogP contribution in [0.15, 0.2) is 39.2 Å². The molecule has 19 heavy (non-hydrogen) atoms. The summed E-state index contributed by atoms with van der Waals surface area (Å²) < 4.78 is 6.48. The Morgan fingerprint density at radius 1 is 1.37 bits per heavy atom. The van der Waals surface area contributed by atoms with Crippen LogP contribution in [0.5, 0.6) is 0 Å². The molecule has 0 fully saturated rings. The Hall–Kier alpha value is -1.42. The first-order valence-electron chi connectivity index (χ1n) is 4.98. The quantitative estimate of drug-likeness (QED) is 0.450. The molecule has 0 spiro atoms. The second-order valence-electron chi connectivity index (χ2n) is 3.47. The lowest BCUT2D eigenvalue weighted by Gasteiger charge is -2.06. The first-order chi connectivity index (χ1) is 8.97. The number of nitrogens with one attached hydrogen (secondary N) is 1. The zero-order valence-electron chi connectivity index (χ0n) is 9.22. The fourth-order valence-electron chi connectivity index (χ4n) is 1.33. The van der Waals surface area contributed by atoms with Crippen molar-refractivity contribution in [3.05, 3.63) is 54.2 Å². The number of nitro groups is 1. The van der Waals surface area contributed by atoms with Crippen molar-refractivity contribution in [1.29, 1.82) is 0 Å². The van der Waals surface area contributed by atoms with Gasteiger partial charge in [0.2, 0.25) is 0 Å². The van der Waals surface area contributed by atoms with Gasteiger partial charge in [-0.15, -0.1) is 0 Å². The lowest BCUT2D eigenvalue weighted by molar-refractivity contribution is -0.402. The molecule has 0 aliphatic rings. The highest BCUT2D eigenvalue weighted by molar-refractivity contribution is 14.1. The van der Waals surface area contributed by atoms with E-state index < -0.39 is 16.7 Å². The fourth-order valence-corrected chi connectivity index (χ4v) is 2.16.